The number of nitrogens with zero attached hydrogens (tertiary/aromatic N) is 4. The number of benzene rings is 2. The molecule has 2 aromatic carbocycles. The highest BCUT2D eigenvalue weighted by atomic mass is 35.5. The number of hydrogen-bond donors (Lipinski definition) is 4. The third-order valence-corrected chi connectivity index (χ3v) is 9.86. The van der Waals surface area contributed by atoms with Crippen LogP contribution in [-0.2, 0) is 23.4 Å². The molecule has 0 radical (unpaired) electrons. The van der Waals surface area contributed by atoms with Crippen LogP contribution in [-0.4, -0.2) is 79.1 Å². The first-order valence-corrected chi connectivity index (χ1v) is 16.2. The Balaban J connectivity index is 1.33. The molecule has 0 bridgehead atoms. The number of aromatic nitrogens is 4. The van der Waals surface area contributed by atoms with Crippen molar-refractivity contribution in [1.29, 1.82) is 0 Å². The molecular formula is C28H32ClFN7O7P. The number of esters is 1. The van der Waals surface area contributed by atoms with Gasteiger partial charge in [0.1, 0.15) is 23.5 Å². The van der Waals surface area contributed by atoms with Crippen molar-refractivity contribution in [3.8, 4) is 5.75 Å². The summed E-state index contributed by atoms with van der Waals surface area (Å²) < 4.78 is 55.2. The molecule has 6 rings (SSSR count). The summed E-state index contributed by atoms with van der Waals surface area (Å²) in [6, 6.07) is 11.1. The van der Waals surface area contributed by atoms with Gasteiger partial charge in [-0.05, 0) is 32.2 Å². The smallest absolute Gasteiger partial charge is 0.459 e. The van der Waals surface area contributed by atoms with Crippen LogP contribution in [0.25, 0.3) is 21.9 Å². The number of imidazole rings is 1. The molecule has 4 aromatic rings. The second-order valence-corrected chi connectivity index (χ2v) is 13.1. The van der Waals surface area contributed by atoms with Gasteiger partial charge in [0.25, 0.3) is 0 Å². The molecular weight excluding hydrogens is 632 g/mol. The number of aliphatic hydroxyl groups is 1. The third-order valence-electron chi connectivity index (χ3n) is 7.84. The molecule has 14 nitrogen and oxygen atoms in total. The predicted octanol–water partition coefficient (Wildman–Crippen LogP) is 3.69. The van der Waals surface area contributed by atoms with Crippen LogP contribution < -0.4 is 20.7 Å². The van der Waals surface area contributed by atoms with Crippen molar-refractivity contribution in [2.75, 3.05) is 24.0 Å². The van der Waals surface area contributed by atoms with Crippen LogP contribution >= 0.6 is 19.3 Å². The molecule has 1 saturated carbocycles. The average molecular weight is 664 g/mol. The maximum atomic E-state index is 16.3. The van der Waals surface area contributed by atoms with E-state index in [4.69, 9.17) is 35.9 Å². The van der Waals surface area contributed by atoms with Crippen molar-refractivity contribution < 1.29 is 37.4 Å². The molecule has 2 fully saturated rings. The minimum absolute atomic E-state index is 0.0955. The molecule has 3 heterocycles. The molecule has 45 heavy (non-hydrogen) atoms. The first-order valence-electron chi connectivity index (χ1n) is 14.1. The number of hydrogen-bond acceptors (Lipinski definition) is 12. The number of alkyl halides is 2. The van der Waals surface area contributed by atoms with E-state index < -0.39 is 61.4 Å². The van der Waals surface area contributed by atoms with Crippen LogP contribution in [0.5, 0.6) is 5.75 Å². The van der Waals surface area contributed by atoms with Crippen LogP contribution in [0.3, 0.4) is 0 Å². The molecule has 0 spiro atoms. The molecule has 2 aliphatic rings. The first kappa shape index (κ1) is 31.4. The van der Waals surface area contributed by atoms with Crippen LogP contribution in [0, 0.1) is 0 Å². The van der Waals surface area contributed by atoms with Gasteiger partial charge in [0.2, 0.25) is 5.95 Å². The lowest BCUT2D eigenvalue weighted by atomic mass is 10.1. The topological polar surface area (TPSA) is 185 Å². The highest BCUT2D eigenvalue weighted by molar-refractivity contribution is 7.52. The van der Waals surface area contributed by atoms with Gasteiger partial charge in [0.15, 0.2) is 35.0 Å². The molecule has 2 unspecified atom stereocenters. The van der Waals surface area contributed by atoms with E-state index in [-0.39, 0.29) is 17.3 Å². The number of carbonyl (C=O) groups is 1. The fraction of sp³-hybridized carbons (Fsp3) is 0.429. The lowest BCUT2D eigenvalue weighted by Gasteiger charge is -2.27. The van der Waals surface area contributed by atoms with Crippen molar-refractivity contribution in [2.45, 2.75) is 62.6 Å². The van der Waals surface area contributed by atoms with Gasteiger partial charge in [0.05, 0.1) is 18.3 Å². The second-order valence-electron chi connectivity index (χ2n) is 11.2. The Morgan fingerprint density at radius 2 is 1.98 bits per heavy atom. The van der Waals surface area contributed by atoms with Crippen molar-refractivity contribution >= 4 is 59.0 Å². The van der Waals surface area contributed by atoms with Crippen LogP contribution in [0.15, 0.2) is 48.8 Å². The third kappa shape index (κ3) is 5.07. The molecule has 1 aliphatic carbocycles. The van der Waals surface area contributed by atoms with Gasteiger partial charge in [-0.1, -0.05) is 36.4 Å². The van der Waals surface area contributed by atoms with Crippen molar-refractivity contribution in [1.82, 2.24) is 24.6 Å². The number of rotatable bonds is 11. The number of anilines is 2. The number of ether oxygens (including phenoxy) is 2. The summed E-state index contributed by atoms with van der Waals surface area (Å²) in [6.45, 7) is 4.74. The zero-order chi connectivity index (χ0) is 32.3. The summed E-state index contributed by atoms with van der Waals surface area (Å²) >= 11 is 6.30. The Hall–Kier alpha value is -3.59. The monoisotopic (exact) mass is 663 g/mol. The Morgan fingerprint density at radius 1 is 1.24 bits per heavy atom. The summed E-state index contributed by atoms with van der Waals surface area (Å²) in [7, 11) is -2.97. The Kier molecular flexibility index (Phi) is 7.91. The molecule has 5 N–H and O–H groups in total. The summed E-state index contributed by atoms with van der Waals surface area (Å²) in [5.74, 6) is -0.808. The first-order chi connectivity index (χ1) is 21.4. The number of fused-ring (bicyclic) bond motifs is 3. The lowest BCUT2D eigenvalue weighted by molar-refractivity contribution is -0.149. The number of nitrogens with one attached hydrogen (secondary N) is 2. The molecule has 0 amide bonds. The molecule has 1 saturated heterocycles. The number of nitrogen functional groups attached to an aromatic ring is 1. The second kappa shape index (κ2) is 11.3. The fourth-order valence-electron chi connectivity index (χ4n) is 5.62. The normalized spacial score (nSPS) is 27.7. The Labute approximate surface area is 261 Å². The van der Waals surface area contributed by atoms with E-state index in [9.17, 15) is 14.5 Å². The van der Waals surface area contributed by atoms with E-state index in [2.05, 4.69) is 25.4 Å². The van der Waals surface area contributed by atoms with Crippen LogP contribution in [0.1, 0.15) is 27.0 Å². The van der Waals surface area contributed by atoms with Gasteiger partial charge in [0, 0.05) is 12.4 Å². The van der Waals surface area contributed by atoms with Gasteiger partial charge in [-0.15, -0.1) is 11.6 Å². The average Bonchev–Trinajstić information content (AvgIpc) is 3.23. The van der Waals surface area contributed by atoms with Gasteiger partial charge >= 0.3 is 13.7 Å². The standard InChI is InChI=1S/C28H32ClFN7O7P/c1-14(2)41-24(38)15(3)36-45(40,43-18-11-7-9-16-8-5-6-10-17(16)18)44-25-27(12-29)28(25,39)20(30)23(42-27)37-13-33-19-21(32-4)34-26(31)35-22(19)37/h5-11,13-15,20,23,25,39H,12H2,1-4H3,(H,36,40)(H3,31,32,34,35)/t15-,20-,23+,25?,27+,28+,45?/m0/s1. The molecule has 2 aromatic heterocycles. The minimum atomic E-state index is -4.59. The largest absolute Gasteiger partial charge is 0.462 e. The van der Waals surface area contributed by atoms with Gasteiger partial charge in [-0.2, -0.15) is 15.1 Å². The molecule has 1 aliphatic heterocycles. The summed E-state index contributed by atoms with van der Waals surface area (Å²) in [4.78, 5) is 25.2. The van der Waals surface area contributed by atoms with E-state index >= 15 is 4.39 Å². The van der Waals surface area contributed by atoms with E-state index in [0.717, 1.165) is 5.39 Å². The molecule has 240 valence electrons. The van der Waals surface area contributed by atoms with E-state index in [1.54, 1.807) is 45.2 Å². The SMILES string of the molecule is CNc1nc(N)nc2c1ncn2[C@@H]1O[C@]2(CCl)C(OP(=O)(N[C@@H](C)C(=O)OC(C)C)Oc3cccc4ccccc34)[C@]2(O)[C@H]1F. The highest BCUT2D eigenvalue weighted by Crippen LogP contribution is 2.69. The zero-order valence-corrected chi connectivity index (χ0v) is 26.3. The van der Waals surface area contributed by atoms with Gasteiger partial charge < -0.3 is 30.2 Å². The summed E-state index contributed by atoms with van der Waals surface area (Å²) in [6.07, 6.45) is -4.37. The quantitative estimate of drug-likeness (QED) is 0.104. The van der Waals surface area contributed by atoms with Gasteiger partial charge in [-0.25, -0.2) is 13.9 Å². The van der Waals surface area contributed by atoms with Crippen LogP contribution in [0.2, 0.25) is 0 Å². The van der Waals surface area contributed by atoms with Crippen molar-refractivity contribution in [3.63, 3.8) is 0 Å². The lowest BCUT2D eigenvalue weighted by Crippen LogP contribution is -2.38. The summed E-state index contributed by atoms with van der Waals surface area (Å²) in [5, 5.41) is 18.5. The van der Waals surface area contributed by atoms with Gasteiger partial charge in [-0.3, -0.25) is 13.9 Å². The maximum Gasteiger partial charge on any atom is 0.459 e. The predicted molar refractivity (Wildman–Crippen MR) is 164 cm³/mol. The van der Waals surface area contributed by atoms with E-state index in [1.165, 1.54) is 17.8 Å². The summed E-state index contributed by atoms with van der Waals surface area (Å²) in [5.41, 5.74) is 2.05. The maximum absolute atomic E-state index is 16.3. The van der Waals surface area contributed by atoms with Crippen molar-refractivity contribution in [3.05, 3.63) is 48.8 Å². The fourth-order valence-corrected chi connectivity index (χ4v) is 7.80. The molecule has 17 heteroatoms. The Bertz CT molecular complexity index is 1820. The number of nitrogens with two attached hydrogens (primary N) is 1. The number of carbonyl (C=O) groups excluding carboxylic acids is 1. The molecule has 7 atom stereocenters. The van der Waals surface area contributed by atoms with Crippen molar-refractivity contribution in [2.24, 2.45) is 0 Å². The number of halogens is 2. The van der Waals surface area contributed by atoms with Crippen LogP contribution in [0.4, 0.5) is 16.2 Å². The minimum Gasteiger partial charge on any atom is -0.462 e. The highest BCUT2D eigenvalue weighted by Gasteiger charge is 2.90. The Morgan fingerprint density at radius 3 is 2.67 bits per heavy atom. The van der Waals surface area contributed by atoms with E-state index in [1.807, 2.05) is 18.2 Å². The zero-order valence-electron chi connectivity index (χ0n) is 24.7. The van der Waals surface area contributed by atoms with E-state index in [0.29, 0.717) is 16.7 Å².